The van der Waals surface area contributed by atoms with Crippen LogP contribution in [0.2, 0.25) is 0 Å². The highest BCUT2D eigenvalue weighted by Crippen LogP contribution is 2.43. The maximum absolute atomic E-state index is 4.92. The first kappa shape index (κ1) is 15.0. The van der Waals surface area contributed by atoms with Gasteiger partial charge in [0.2, 0.25) is 11.9 Å². The molecule has 0 bridgehead atoms. The molecule has 0 amide bonds. The SMILES string of the molecule is CCC1=CC2C(C=C1)n1c(nc3ccccc31)Nc1nc3c(n12)CCC=C3. The number of imidazole rings is 2. The van der Waals surface area contributed by atoms with Crippen LogP contribution in [0.15, 0.2) is 54.1 Å². The summed E-state index contributed by atoms with van der Waals surface area (Å²) in [6, 6.07) is 8.75. The predicted molar refractivity (Wildman–Crippen MR) is 108 cm³/mol. The van der Waals surface area contributed by atoms with Crippen molar-refractivity contribution < 1.29 is 0 Å². The van der Waals surface area contributed by atoms with Gasteiger partial charge in [0.05, 0.1) is 28.8 Å². The van der Waals surface area contributed by atoms with E-state index >= 15 is 0 Å². The van der Waals surface area contributed by atoms with Crippen LogP contribution < -0.4 is 5.32 Å². The summed E-state index contributed by atoms with van der Waals surface area (Å²) in [5, 5.41) is 3.55. The van der Waals surface area contributed by atoms with Gasteiger partial charge in [-0.3, -0.25) is 5.32 Å². The van der Waals surface area contributed by atoms with Crippen molar-refractivity contribution in [2.24, 2.45) is 0 Å². The molecule has 27 heavy (non-hydrogen) atoms. The number of allylic oxidation sites excluding steroid dienone is 5. The molecule has 6 rings (SSSR count). The fraction of sp³-hybridized carbons (Fsp3) is 0.273. The molecule has 0 saturated heterocycles. The monoisotopic (exact) mass is 355 g/mol. The average Bonchev–Trinajstić information content (AvgIpc) is 3.21. The van der Waals surface area contributed by atoms with Crippen LogP contribution >= 0.6 is 0 Å². The smallest absolute Gasteiger partial charge is 0.211 e. The lowest BCUT2D eigenvalue weighted by Crippen LogP contribution is -2.22. The Morgan fingerprint density at radius 3 is 2.89 bits per heavy atom. The van der Waals surface area contributed by atoms with Crippen molar-refractivity contribution in [3.05, 3.63) is 65.5 Å². The molecule has 3 aromatic rings. The second kappa shape index (κ2) is 5.46. The summed E-state index contributed by atoms with van der Waals surface area (Å²) in [7, 11) is 0. The van der Waals surface area contributed by atoms with E-state index in [1.165, 1.54) is 11.3 Å². The van der Waals surface area contributed by atoms with E-state index < -0.39 is 0 Å². The molecule has 1 N–H and O–H groups in total. The molecule has 5 nitrogen and oxygen atoms in total. The summed E-state index contributed by atoms with van der Waals surface area (Å²) in [5.74, 6) is 1.77. The number of fused-ring (bicyclic) bond motifs is 9. The van der Waals surface area contributed by atoms with E-state index in [1.807, 2.05) is 6.07 Å². The number of aromatic nitrogens is 4. The molecule has 3 heterocycles. The van der Waals surface area contributed by atoms with Crippen LogP contribution in [-0.4, -0.2) is 19.1 Å². The molecule has 0 fully saturated rings. The quantitative estimate of drug-likeness (QED) is 0.673. The molecular formula is C22H21N5. The lowest BCUT2D eigenvalue weighted by molar-refractivity contribution is 0.452. The predicted octanol–water partition coefficient (Wildman–Crippen LogP) is 4.94. The summed E-state index contributed by atoms with van der Waals surface area (Å²) < 4.78 is 4.74. The number of rotatable bonds is 1. The minimum atomic E-state index is 0.181. The van der Waals surface area contributed by atoms with Crippen LogP contribution in [0.25, 0.3) is 17.1 Å². The zero-order valence-corrected chi connectivity index (χ0v) is 15.3. The fourth-order valence-corrected chi connectivity index (χ4v) is 4.64. The Bertz CT molecular complexity index is 1160. The summed E-state index contributed by atoms with van der Waals surface area (Å²) in [6.07, 6.45) is 14.5. The first-order valence-electron chi connectivity index (χ1n) is 9.74. The molecule has 2 unspecified atom stereocenters. The number of nitrogens with one attached hydrogen (secondary N) is 1. The third-order valence-corrected chi connectivity index (χ3v) is 5.93. The largest absolute Gasteiger partial charge is 0.304 e. The zero-order chi connectivity index (χ0) is 18.0. The molecule has 0 saturated carbocycles. The van der Waals surface area contributed by atoms with E-state index in [0.717, 1.165) is 47.9 Å². The van der Waals surface area contributed by atoms with E-state index in [9.17, 15) is 0 Å². The van der Waals surface area contributed by atoms with Gasteiger partial charge in [0, 0.05) is 5.69 Å². The number of para-hydroxylation sites is 2. The van der Waals surface area contributed by atoms with Crippen LogP contribution in [0.4, 0.5) is 11.9 Å². The van der Waals surface area contributed by atoms with Crippen molar-refractivity contribution in [1.82, 2.24) is 19.1 Å². The Labute approximate surface area is 157 Å². The number of benzene rings is 1. The Morgan fingerprint density at radius 1 is 1.07 bits per heavy atom. The average molecular weight is 355 g/mol. The number of nitrogens with zero attached hydrogens (tertiary/aromatic N) is 4. The highest BCUT2D eigenvalue weighted by molar-refractivity contribution is 5.80. The van der Waals surface area contributed by atoms with Gasteiger partial charge in [0.1, 0.15) is 0 Å². The third kappa shape index (κ3) is 2.05. The van der Waals surface area contributed by atoms with Gasteiger partial charge >= 0.3 is 0 Å². The Morgan fingerprint density at radius 2 is 1.96 bits per heavy atom. The molecule has 1 aliphatic heterocycles. The number of anilines is 2. The molecule has 3 aliphatic rings. The van der Waals surface area contributed by atoms with Crippen molar-refractivity contribution in [2.75, 3.05) is 5.32 Å². The van der Waals surface area contributed by atoms with Crippen molar-refractivity contribution in [3.63, 3.8) is 0 Å². The van der Waals surface area contributed by atoms with Crippen LogP contribution in [-0.2, 0) is 6.42 Å². The lowest BCUT2D eigenvalue weighted by atomic mass is 9.95. The first-order valence-corrected chi connectivity index (χ1v) is 9.74. The van der Waals surface area contributed by atoms with E-state index in [0.29, 0.717) is 0 Å². The molecule has 2 atom stereocenters. The molecule has 1 aromatic carbocycles. The topological polar surface area (TPSA) is 47.7 Å². The van der Waals surface area contributed by atoms with Gasteiger partial charge in [-0.2, -0.15) is 0 Å². The molecule has 5 heteroatoms. The highest BCUT2D eigenvalue weighted by Gasteiger charge is 2.35. The molecule has 2 aromatic heterocycles. The minimum absolute atomic E-state index is 0.181. The van der Waals surface area contributed by atoms with Crippen molar-refractivity contribution in [3.8, 4) is 0 Å². The van der Waals surface area contributed by atoms with Gasteiger partial charge in [0.25, 0.3) is 0 Å². The molecule has 0 radical (unpaired) electrons. The summed E-state index contributed by atoms with van der Waals surface area (Å²) in [4.78, 5) is 9.80. The Balaban J connectivity index is 1.65. The van der Waals surface area contributed by atoms with Gasteiger partial charge in [-0.15, -0.1) is 0 Å². The summed E-state index contributed by atoms with van der Waals surface area (Å²) in [6.45, 7) is 2.22. The maximum Gasteiger partial charge on any atom is 0.211 e. The van der Waals surface area contributed by atoms with Gasteiger partial charge in [-0.25, -0.2) is 9.97 Å². The summed E-state index contributed by atoms with van der Waals surface area (Å²) in [5.41, 5.74) is 5.97. The highest BCUT2D eigenvalue weighted by atomic mass is 15.4. The van der Waals surface area contributed by atoms with E-state index in [2.05, 4.69) is 70.0 Å². The Hall–Kier alpha value is -3.08. The van der Waals surface area contributed by atoms with Crippen LogP contribution in [0.1, 0.15) is 43.2 Å². The fourth-order valence-electron chi connectivity index (χ4n) is 4.64. The van der Waals surface area contributed by atoms with Gasteiger partial charge in [-0.05, 0) is 37.5 Å². The first-order chi connectivity index (χ1) is 13.3. The third-order valence-electron chi connectivity index (χ3n) is 5.93. The molecule has 0 spiro atoms. The molecule has 134 valence electrons. The summed E-state index contributed by atoms with van der Waals surface area (Å²) >= 11 is 0. The van der Waals surface area contributed by atoms with E-state index in [4.69, 9.17) is 9.97 Å². The van der Waals surface area contributed by atoms with Crippen molar-refractivity contribution in [1.29, 1.82) is 0 Å². The van der Waals surface area contributed by atoms with Crippen molar-refractivity contribution >= 4 is 29.0 Å². The zero-order valence-electron chi connectivity index (χ0n) is 15.3. The van der Waals surface area contributed by atoms with Gasteiger partial charge in [-0.1, -0.05) is 48.9 Å². The molecular weight excluding hydrogens is 334 g/mol. The standard InChI is InChI=1S/C22H21N5/c1-2-14-11-12-19-20(13-14)27-18-10-6-4-8-16(18)24-22(27)25-21-23-15-7-3-5-9-17(15)26(19)21/h3-5,7-9,11-13,19-20H,2,6,10H2,1H3,(H,23,24,25). The van der Waals surface area contributed by atoms with Crippen LogP contribution in [0.3, 0.4) is 0 Å². The Kier molecular flexibility index (Phi) is 3.04. The van der Waals surface area contributed by atoms with Crippen LogP contribution in [0.5, 0.6) is 0 Å². The maximum atomic E-state index is 4.92. The van der Waals surface area contributed by atoms with Gasteiger partial charge < -0.3 is 9.13 Å². The second-order valence-electron chi connectivity index (χ2n) is 7.43. The minimum Gasteiger partial charge on any atom is -0.304 e. The molecule has 2 aliphatic carbocycles. The second-order valence-corrected chi connectivity index (χ2v) is 7.43. The normalized spacial score (nSPS) is 22.3. The van der Waals surface area contributed by atoms with Crippen molar-refractivity contribution in [2.45, 2.75) is 38.3 Å². The number of hydrogen-bond acceptors (Lipinski definition) is 3. The van der Waals surface area contributed by atoms with Crippen LogP contribution in [0, 0.1) is 0 Å². The van der Waals surface area contributed by atoms with E-state index in [-0.39, 0.29) is 12.1 Å². The van der Waals surface area contributed by atoms with E-state index in [1.54, 1.807) is 0 Å². The van der Waals surface area contributed by atoms with Gasteiger partial charge in [0.15, 0.2) is 0 Å². The lowest BCUT2D eigenvalue weighted by Gasteiger charge is -2.29. The number of hydrogen-bond donors (Lipinski definition) is 1.